The van der Waals surface area contributed by atoms with Gasteiger partial charge in [0.15, 0.2) is 0 Å². The van der Waals surface area contributed by atoms with E-state index >= 15 is 0 Å². The van der Waals surface area contributed by atoms with Crippen molar-refractivity contribution in [2.75, 3.05) is 11.9 Å². The number of benzene rings is 1. The number of carbonyl (C=O) groups excluding carboxylic acids is 1. The van der Waals surface area contributed by atoms with E-state index in [1.807, 2.05) is 6.92 Å². The maximum absolute atomic E-state index is 13.0. The van der Waals surface area contributed by atoms with Crippen LogP contribution in [0.25, 0.3) is 5.65 Å². The normalized spacial score (nSPS) is 11.4. The largest absolute Gasteiger partial charge is 0.491 e. The molecule has 1 aromatic carbocycles. The minimum Gasteiger partial charge on any atom is -0.491 e. The molecule has 1 N–H and O–H groups in total. The highest BCUT2D eigenvalue weighted by Crippen LogP contribution is 2.35. The van der Waals surface area contributed by atoms with Gasteiger partial charge in [-0.05, 0) is 36.8 Å². The second-order valence-corrected chi connectivity index (χ2v) is 5.92. The maximum Gasteiger partial charge on any atom is 0.416 e. The lowest BCUT2D eigenvalue weighted by atomic mass is 10.1. The molecule has 0 spiro atoms. The van der Waals surface area contributed by atoms with Gasteiger partial charge in [0.05, 0.1) is 17.9 Å². The summed E-state index contributed by atoms with van der Waals surface area (Å²) in [7, 11) is 0. The van der Waals surface area contributed by atoms with E-state index in [4.69, 9.17) is 4.74 Å². The van der Waals surface area contributed by atoms with Crippen LogP contribution >= 0.6 is 0 Å². The number of rotatable bonds is 5. The van der Waals surface area contributed by atoms with Crippen molar-refractivity contribution in [3.05, 3.63) is 70.3 Å². The van der Waals surface area contributed by atoms with Crippen molar-refractivity contribution < 1.29 is 22.7 Å². The average Bonchev–Trinajstić information content (AvgIpc) is 2.66. The number of pyridine rings is 1. The molecule has 0 atom stereocenters. The third-order valence-corrected chi connectivity index (χ3v) is 3.87. The molecule has 2 heterocycles. The fraction of sp³-hybridized carbons (Fsp3) is 0.211. The Labute approximate surface area is 157 Å². The molecule has 9 heteroatoms. The zero-order chi connectivity index (χ0) is 20.3. The minimum atomic E-state index is -4.59. The number of anilines is 1. The molecule has 6 nitrogen and oxygen atoms in total. The van der Waals surface area contributed by atoms with Crippen molar-refractivity contribution in [2.45, 2.75) is 19.5 Å². The molecule has 2 aromatic heterocycles. The molecule has 3 aromatic rings. The molecule has 0 aliphatic carbocycles. The monoisotopic (exact) mass is 391 g/mol. The Morgan fingerprint density at radius 1 is 1.25 bits per heavy atom. The van der Waals surface area contributed by atoms with Crippen LogP contribution in [0.1, 0.15) is 29.3 Å². The molecule has 0 saturated heterocycles. The Morgan fingerprint density at radius 3 is 2.75 bits per heavy atom. The number of carbonyl (C=O) groups is 1. The van der Waals surface area contributed by atoms with E-state index in [1.165, 1.54) is 10.6 Å². The topological polar surface area (TPSA) is 72.7 Å². The van der Waals surface area contributed by atoms with Crippen LogP contribution in [-0.4, -0.2) is 21.9 Å². The highest BCUT2D eigenvalue weighted by atomic mass is 19.4. The summed E-state index contributed by atoms with van der Waals surface area (Å²) in [5.41, 5.74) is -1.71. The molecular formula is C19H16F3N3O3. The standard InChI is InChI=1S/C19H16F3N3O3/c1-2-9-28-15-7-6-12(19(20,21)22)10-14(15)24-17(26)13-11-23-16-5-3-4-8-25(16)18(13)27/h3-8,10-11H,2,9H2,1H3,(H,24,26). The van der Waals surface area contributed by atoms with Crippen molar-refractivity contribution >= 4 is 17.2 Å². The SMILES string of the molecule is CCCOc1ccc(C(F)(F)F)cc1NC(=O)c1cnc2ccccn2c1=O. The number of aromatic nitrogens is 2. The van der Waals surface area contributed by atoms with Crippen molar-refractivity contribution in [2.24, 2.45) is 0 Å². The van der Waals surface area contributed by atoms with E-state index in [2.05, 4.69) is 10.3 Å². The lowest BCUT2D eigenvalue weighted by Crippen LogP contribution is -2.26. The van der Waals surface area contributed by atoms with Gasteiger partial charge in [-0.3, -0.25) is 14.0 Å². The van der Waals surface area contributed by atoms with Crippen molar-refractivity contribution in [3.8, 4) is 5.75 Å². The van der Waals surface area contributed by atoms with E-state index in [9.17, 15) is 22.8 Å². The van der Waals surface area contributed by atoms with Gasteiger partial charge in [-0.25, -0.2) is 4.98 Å². The first-order valence-electron chi connectivity index (χ1n) is 8.43. The highest BCUT2D eigenvalue weighted by molar-refractivity contribution is 6.04. The molecule has 0 aliphatic rings. The number of hydrogen-bond donors (Lipinski definition) is 1. The fourth-order valence-corrected chi connectivity index (χ4v) is 2.51. The lowest BCUT2D eigenvalue weighted by Gasteiger charge is -2.15. The zero-order valence-corrected chi connectivity index (χ0v) is 14.8. The van der Waals surface area contributed by atoms with Crippen LogP contribution in [0.3, 0.4) is 0 Å². The molecule has 0 bridgehead atoms. The Bertz CT molecular complexity index is 1080. The van der Waals surface area contributed by atoms with Gasteiger partial charge in [0, 0.05) is 12.4 Å². The van der Waals surface area contributed by atoms with Crippen LogP contribution in [0, 0.1) is 0 Å². The summed E-state index contributed by atoms with van der Waals surface area (Å²) in [5.74, 6) is -0.798. The van der Waals surface area contributed by atoms with Crippen LogP contribution < -0.4 is 15.6 Å². The summed E-state index contributed by atoms with van der Waals surface area (Å²) in [6.07, 6.45) is -1.42. The molecule has 0 aliphatic heterocycles. The van der Waals surface area contributed by atoms with Crippen molar-refractivity contribution in [1.29, 1.82) is 0 Å². The molecule has 0 saturated carbocycles. The Kier molecular flexibility index (Phi) is 5.34. The van der Waals surface area contributed by atoms with Crippen molar-refractivity contribution in [3.63, 3.8) is 0 Å². The summed E-state index contributed by atoms with van der Waals surface area (Å²) in [6.45, 7) is 2.10. The highest BCUT2D eigenvalue weighted by Gasteiger charge is 2.31. The first-order valence-corrected chi connectivity index (χ1v) is 8.43. The first-order chi connectivity index (χ1) is 13.3. The van der Waals surface area contributed by atoms with Gasteiger partial charge >= 0.3 is 6.18 Å². The van der Waals surface area contributed by atoms with Gasteiger partial charge in [0.1, 0.15) is 17.0 Å². The number of hydrogen-bond acceptors (Lipinski definition) is 4. The molecule has 0 fully saturated rings. The van der Waals surface area contributed by atoms with Crippen LogP contribution in [0.15, 0.2) is 53.6 Å². The third-order valence-electron chi connectivity index (χ3n) is 3.87. The van der Waals surface area contributed by atoms with Gasteiger partial charge in [-0.2, -0.15) is 13.2 Å². The smallest absolute Gasteiger partial charge is 0.416 e. The fourth-order valence-electron chi connectivity index (χ4n) is 2.51. The predicted molar refractivity (Wildman–Crippen MR) is 96.6 cm³/mol. The van der Waals surface area contributed by atoms with Crippen LogP contribution in [-0.2, 0) is 6.18 Å². The summed E-state index contributed by atoms with van der Waals surface area (Å²) < 4.78 is 45.7. The van der Waals surface area contributed by atoms with Gasteiger partial charge in [-0.1, -0.05) is 13.0 Å². The van der Waals surface area contributed by atoms with E-state index in [1.54, 1.807) is 18.2 Å². The Balaban J connectivity index is 1.98. The number of ether oxygens (including phenoxy) is 1. The molecule has 0 radical (unpaired) electrons. The summed E-state index contributed by atoms with van der Waals surface area (Å²) in [5, 5.41) is 2.34. The summed E-state index contributed by atoms with van der Waals surface area (Å²) >= 11 is 0. The van der Waals surface area contributed by atoms with Gasteiger partial charge in [0.2, 0.25) is 0 Å². The Morgan fingerprint density at radius 2 is 2.04 bits per heavy atom. The van der Waals surface area contributed by atoms with Crippen LogP contribution in [0.5, 0.6) is 5.75 Å². The van der Waals surface area contributed by atoms with E-state index in [0.29, 0.717) is 12.1 Å². The van der Waals surface area contributed by atoms with Crippen LogP contribution in [0.2, 0.25) is 0 Å². The van der Waals surface area contributed by atoms with E-state index < -0.39 is 23.2 Å². The second-order valence-electron chi connectivity index (χ2n) is 5.92. The number of nitrogens with one attached hydrogen (secondary N) is 1. The minimum absolute atomic E-state index is 0.0806. The molecule has 28 heavy (non-hydrogen) atoms. The summed E-state index contributed by atoms with van der Waals surface area (Å²) in [6, 6.07) is 7.65. The first kappa shape index (κ1) is 19.4. The molecule has 146 valence electrons. The number of fused-ring (bicyclic) bond motifs is 1. The Hall–Kier alpha value is -3.36. The molecule has 0 unspecified atom stereocenters. The van der Waals surface area contributed by atoms with E-state index in [0.717, 1.165) is 24.4 Å². The van der Waals surface area contributed by atoms with Crippen LogP contribution in [0.4, 0.5) is 18.9 Å². The van der Waals surface area contributed by atoms with Gasteiger partial charge in [0.25, 0.3) is 11.5 Å². The zero-order valence-electron chi connectivity index (χ0n) is 14.8. The van der Waals surface area contributed by atoms with Gasteiger partial charge in [-0.15, -0.1) is 0 Å². The maximum atomic E-state index is 13.0. The molecule has 3 rings (SSSR count). The number of alkyl halides is 3. The number of halogens is 3. The molecule has 1 amide bonds. The quantitative estimate of drug-likeness (QED) is 0.719. The third kappa shape index (κ3) is 3.98. The van der Waals surface area contributed by atoms with Gasteiger partial charge < -0.3 is 10.1 Å². The number of nitrogens with zero attached hydrogens (tertiary/aromatic N) is 2. The summed E-state index contributed by atoms with van der Waals surface area (Å²) in [4.78, 5) is 29.1. The number of amides is 1. The van der Waals surface area contributed by atoms with E-state index in [-0.39, 0.29) is 23.6 Å². The lowest BCUT2D eigenvalue weighted by molar-refractivity contribution is -0.137. The average molecular weight is 391 g/mol. The second kappa shape index (κ2) is 7.71. The molecular weight excluding hydrogens is 375 g/mol. The predicted octanol–water partition coefficient (Wildman–Crippen LogP) is 3.75. The van der Waals surface area contributed by atoms with Crippen molar-refractivity contribution in [1.82, 2.24) is 9.38 Å².